The highest BCUT2D eigenvalue weighted by atomic mass is 32.2. The average molecular weight is 389 g/mol. The number of carbonyl (C=O) groups is 2. The lowest BCUT2D eigenvalue weighted by Crippen LogP contribution is -2.41. The molecule has 0 radical (unpaired) electrons. The van der Waals surface area contributed by atoms with Crippen molar-refractivity contribution in [2.75, 3.05) is 25.4 Å². The third-order valence-corrected chi connectivity index (χ3v) is 5.36. The topological polar surface area (TPSA) is 107 Å². The quantitative estimate of drug-likeness (QED) is 0.765. The van der Waals surface area contributed by atoms with Crippen LogP contribution >= 0.6 is 0 Å². The Bertz CT molecular complexity index is 935. The van der Waals surface area contributed by atoms with Crippen molar-refractivity contribution in [3.63, 3.8) is 0 Å². The van der Waals surface area contributed by atoms with Gasteiger partial charge in [0.25, 0.3) is 15.9 Å². The highest BCUT2D eigenvalue weighted by molar-refractivity contribution is 7.90. The van der Waals surface area contributed by atoms with Gasteiger partial charge in [-0.25, -0.2) is 8.42 Å². The van der Waals surface area contributed by atoms with E-state index in [4.69, 9.17) is 5.11 Å². The van der Waals surface area contributed by atoms with Crippen LogP contribution in [0.3, 0.4) is 0 Å². The molecular formula is C18H19N3O5S. The van der Waals surface area contributed by atoms with E-state index < -0.39 is 28.4 Å². The zero-order valence-corrected chi connectivity index (χ0v) is 15.3. The number of sulfonamides is 1. The molecule has 0 unspecified atom stereocenters. The number of amides is 1. The zero-order chi connectivity index (χ0) is 19.4. The lowest BCUT2D eigenvalue weighted by atomic mass is 10.1. The van der Waals surface area contributed by atoms with E-state index in [0.29, 0.717) is 12.0 Å². The smallest absolute Gasteiger partial charge is 0.323 e. The van der Waals surface area contributed by atoms with Gasteiger partial charge in [0.1, 0.15) is 12.4 Å². The van der Waals surface area contributed by atoms with Crippen molar-refractivity contribution in [1.82, 2.24) is 9.80 Å². The highest BCUT2D eigenvalue weighted by Crippen LogP contribution is 2.17. The van der Waals surface area contributed by atoms with Crippen LogP contribution in [0, 0.1) is 0 Å². The molecule has 27 heavy (non-hydrogen) atoms. The monoisotopic (exact) mass is 389 g/mol. The number of carboxylic acids is 1. The van der Waals surface area contributed by atoms with E-state index in [0.717, 1.165) is 5.56 Å². The van der Waals surface area contributed by atoms with Gasteiger partial charge < -0.3 is 14.9 Å². The van der Waals surface area contributed by atoms with Crippen molar-refractivity contribution in [3.8, 4) is 0 Å². The maximum atomic E-state index is 12.8. The van der Waals surface area contributed by atoms with Crippen LogP contribution in [0.5, 0.6) is 0 Å². The highest BCUT2D eigenvalue weighted by Gasteiger charge is 2.27. The van der Waals surface area contributed by atoms with Crippen LogP contribution in [-0.4, -0.2) is 66.4 Å². The molecule has 0 aromatic heterocycles. The molecule has 0 bridgehead atoms. The Kier molecular flexibility index (Phi) is 5.41. The summed E-state index contributed by atoms with van der Waals surface area (Å²) in [5.74, 6) is -1.39. The summed E-state index contributed by atoms with van der Waals surface area (Å²) in [6, 6.07) is 9.49. The fourth-order valence-corrected chi connectivity index (χ4v) is 3.80. The Hall–Kier alpha value is -2.94. The largest absolute Gasteiger partial charge is 0.480 e. The minimum absolute atomic E-state index is 0.130. The summed E-state index contributed by atoms with van der Waals surface area (Å²) < 4.78 is 26.8. The van der Waals surface area contributed by atoms with Gasteiger partial charge >= 0.3 is 5.97 Å². The predicted molar refractivity (Wildman–Crippen MR) is 99.5 cm³/mol. The number of aliphatic carboxylic acids is 1. The SMILES string of the molecule is O=C(O)CN(CCc1ccccc1)C(=O)C1=CN2CCS(=O)(=O)N=C2C=C1. The van der Waals surface area contributed by atoms with Gasteiger partial charge in [0.05, 0.1) is 11.3 Å². The second-order valence-corrected chi connectivity index (χ2v) is 7.96. The predicted octanol–water partition coefficient (Wildman–Crippen LogP) is 0.640. The molecule has 2 aliphatic rings. The van der Waals surface area contributed by atoms with Crippen molar-refractivity contribution in [3.05, 3.63) is 59.8 Å². The number of hydrogen-bond acceptors (Lipinski definition) is 5. The van der Waals surface area contributed by atoms with Crippen molar-refractivity contribution in [1.29, 1.82) is 0 Å². The molecular weight excluding hydrogens is 370 g/mol. The molecule has 2 aliphatic heterocycles. The summed E-state index contributed by atoms with van der Waals surface area (Å²) in [6.07, 6.45) is 4.98. The number of nitrogens with zero attached hydrogens (tertiary/aromatic N) is 3. The molecule has 3 rings (SSSR count). The van der Waals surface area contributed by atoms with Crippen molar-refractivity contribution >= 4 is 27.7 Å². The molecule has 1 amide bonds. The molecule has 1 aromatic rings. The maximum absolute atomic E-state index is 12.8. The normalized spacial score (nSPS) is 17.6. The van der Waals surface area contributed by atoms with Gasteiger partial charge in [-0.15, -0.1) is 4.40 Å². The first kappa shape index (κ1) is 18.8. The lowest BCUT2D eigenvalue weighted by molar-refractivity contribution is -0.142. The zero-order valence-electron chi connectivity index (χ0n) is 14.5. The first-order chi connectivity index (χ1) is 12.8. The summed E-state index contributed by atoms with van der Waals surface area (Å²) >= 11 is 0. The van der Waals surface area contributed by atoms with Gasteiger partial charge in [0, 0.05) is 19.3 Å². The van der Waals surface area contributed by atoms with Gasteiger partial charge in [0.2, 0.25) is 0 Å². The Balaban J connectivity index is 1.75. The summed E-state index contributed by atoms with van der Waals surface area (Å²) in [5.41, 5.74) is 1.30. The van der Waals surface area contributed by atoms with E-state index in [2.05, 4.69) is 4.40 Å². The molecule has 142 valence electrons. The number of benzene rings is 1. The van der Waals surface area contributed by atoms with E-state index in [-0.39, 0.29) is 24.7 Å². The summed E-state index contributed by atoms with van der Waals surface area (Å²) in [5, 5.41) is 9.15. The molecule has 2 heterocycles. The molecule has 1 aromatic carbocycles. The first-order valence-corrected chi connectivity index (χ1v) is 9.99. The Morgan fingerprint density at radius 3 is 2.63 bits per heavy atom. The van der Waals surface area contributed by atoms with E-state index in [1.165, 1.54) is 23.3 Å². The molecule has 8 nitrogen and oxygen atoms in total. The number of amidine groups is 1. The van der Waals surface area contributed by atoms with Gasteiger partial charge in [-0.2, -0.15) is 0 Å². The molecule has 0 aliphatic carbocycles. The van der Waals surface area contributed by atoms with E-state index >= 15 is 0 Å². The Morgan fingerprint density at radius 1 is 1.19 bits per heavy atom. The second-order valence-electron chi connectivity index (χ2n) is 6.20. The molecule has 0 spiro atoms. The summed E-state index contributed by atoms with van der Waals surface area (Å²) in [4.78, 5) is 26.9. The van der Waals surface area contributed by atoms with Crippen LogP contribution < -0.4 is 0 Å². The number of carbonyl (C=O) groups excluding carboxylic acids is 1. The van der Waals surface area contributed by atoms with Crippen LogP contribution in [-0.2, 0) is 26.0 Å². The first-order valence-electron chi connectivity index (χ1n) is 8.38. The van der Waals surface area contributed by atoms with Crippen molar-refractivity contribution in [2.24, 2.45) is 4.40 Å². The maximum Gasteiger partial charge on any atom is 0.323 e. The molecule has 0 fully saturated rings. The van der Waals surface area contributed by atoms with E-state index in [1.54, 1.807) is 4.90 Å². The fourth-order valence-electron chi connectivity index (χ4n) is 2.83. The second kappa shape index (κ2) is 7.75. The molecule has 9 heteroatoms. The van der Waals surface area contributed by atoms with Gasteiger partial charge in [0.15, 0.2) is 0 Å². The van der Waals surface area contributed by atoms with Crippen LogP contribution in [0.15, 0.2) is 58.7 Å². The number of hydrogen-bond donors (Lipinski definition) is 1. The lowest BCUT2D eigenvalue weighted by Gasteiger charge is -2.28. The number of carboxylic acid groups (broad SMARTS) is 1. The van der Waals surface area contributed by atoms with Crippen LogP contribution in [0.2, 0.25) is 0 Å². The minimum Gasteiger partial charge on any atom is -0.480 e. The van der Waals surface area contributed by atoms with E-state index in [1.807, 2.05) is 30.3 Å². The number of fused-ring (bicyclic) bond motifs is 1. The van der Waals surface area contributed by atoms with Crippen LogP contribution in [0.4, 0.5) is 0 Å². The molecule has 0 saturated heterocycles. The minimum atomic E-state index is -3.47. The standard InChI is InChI=1S/C18H19N3O5S/c22-17(23)13-21(9-8-14-4-2-1-3-5-14)18(24)15-6-7-16-19-27(25,26)11-10-20(16)12-15/h1-7,12H,8-11,13H2,(H,22,23). The molecule has 0 atom stereocenters. The Labute approximate surface area is 157 Å². The van der Waals surface area contributed by atoms with Crippen LogP contribution in [0.25, 0.3) is 0 Å². The molecule has 0 saturated carbocycles. The van der Waals surface area contributed by atoms with Crippen LogP contribution in [0.1, 0.15) is 5.56 Å². The van der Waals surface area contributed by atoms with Gasteiger partial charge in [-0.3, -0.25) is 9.59 Å². The van der Waals surface area contributed by atoms with Crippen molar-refractivity contribution < 1.29 is 23.1 Å². The number of rotatable bonds is 6. The van der Waals surface area contributed by atoms with E-state index in [9.17, 15) is 18.0 Å². The van der Waals surface area contributed by atoms with Crippen molar-refractivity contribution in [2.45, 2.75) is 6.42 Å². The third-order valence-electron chi connectivity index (χ3n) is 4.20. The van der Waals surface area contributed by atoms with Gasteiger partial charge in [-0.1, -0.05) is 30.3 Å². The van der Waals surface area contributed by atoms with Gasteiger partial charge in [-0.05, 0) is 24.1 Å². The third kappa shape index (κ3) is 4.82. The Morgan fingerprint density at radius 2 is 1.93 bits per heavy atom. The average Bonchev–Trinajstić information content (AvgIpc) is 2.64. The molecule has 1 N–H and O–H groups in total. The summed E-state index contributed by atoms with van der Waals surface area (Å²) in [6.45, 7) is 0.0487. The summed E-state index contributed by atoms with van der Waals surface area (Å²) in [7, 11) is -3.47. The fraction of sp³-hybridized carbons (Fsp3) is 0.278.